The summed E-state index contributed by atoms with van der Waals surface area (Å²) in [7, 11) is 3.41. The smallest absolute Gasteiger partial charge is 0.234 e. The summed E-state index contributed by atoms with van der Waals surface area (Å²) in [6.45, 7) is 4.25. The highest BCUT2D eigenvalue weighted by Crippen LogP contribution is 2.25. The van der Waals surface area contributed by atoms with Crippen LogP contribution in [0, 0.1) is 0 Å². The number of benzene rings is 2. The van der Waals surface area contributed by atoms with Gasteiger partial charge in [-0.25, -0.2) is 0 Å². The van der Waals surface area contributed by atoms with Crippen molar-refractivity contribution < 1.29 is 19.1 Å². The Morgan fingerprint density at radius 2 is 1.82 bits per heavy atom. The van der Waals surface area contributed by atoms with Gasteiger partial charge in [-0.1, -0.05) is 36.0 Å². The Morgan fingerprint density at radius 3 is 2.53 bits per heavy atom. The van der Waals surface area contributed by atoms with Gasteiger partial charge in [-0.3, -0.25) is 9.59 Å². The molecule has 2 aromatic carbocycles. The van der Waals surface area contributed by atoms with Gasteiger partial charge in [0.1, 0.15) is 11.5 Å². The number of carbonyl (C=O) groups is 2. The van der Waals surface area contributed by atoms with Crippen molar-refractivity contribution in [3.63, 3.8) is 0 Å². The third kappa shape index (κ3) is 6.74. The lowest BCUT2D eigenvalue weighted by molar-refractivity contribution is -0.121. The third-order valence-corrected chi connectivity index (χ3v) is 5.97. The molecule has 2 N–H and O–H groups in total. The number of thioether (sulfide) groups is 1. The quantitative estimate of drug-likeness (QED) is 0.403. The zero-order valence-corrected chi connectivity index (χ0v) is 20.5. The molecule has 1 aromatic heterocycles. The van der Waals surface area contributed by atoms with E-state index in [-0.39, 0.29) is 30.0 Å². The molecular formula is C24H29N5O4S. The van der Waals surface area contributed by atoms with Crippen molar-refractivity contribution in [2.24, 2.45) is 7.05 Å². The van der Waals surface area contributed by atoms with Gasteiger partial charge in [-0.05, 0) is 43.7 Å². The second-order valence-corrected chi connectivity index (χ2v) is 8.42. The molecule has 180 valence electrons. The second-order valence-electron chi connectivity index (χ2n) is 7.48. The number of hydrogen-bond donors (Lipinski definition) is 2. The first-order chi connectivity index (χ1) is 16.4. The van der Waals surface area contributed by atoms with Crippen molar-refractivity contribution in [2.45, 2.75) is 31.5 Å². The molecule has 3 rings (SSSR count). The van der Waals surface area contributed by atoms with Gasteiger partial charge >= 0.3 is 0 Å². The Balaban J connectivity index is 1.53. The maximum Gasteiger partial charge on any atom is 0.234 e. The minimum atomic E-state index is -0.343. The van der Waals surface area contributed by atoms with E-state index in [9.17, 15) is 9.59 Å². The number of para-hydroxylation sites is 2. The number of aromatic nitrogens is 3. The molecule has 0 fully saturated rings. The maximum absolute atomic E-state index is 12.5. The molecule has 0 saturated carbocycles. The van der Waals surface area contributed by atoms with E-state index in [1.807, 2.05) is 63.4 Å². The molecule has 1 atom stereocenters. The van der Waals surface area contributed by atoms with Crippen molar-refractivity contribution in [1.82, 2.24) is 20.1 Å². The highest BCUT2D eigenvalue weighted by molar-refractivity contribution is 7.99. The summed E-state index contributed by atoms with van der Waals surface area (Å²) in [6, 6.07) is 14.3. The first-order valence-corrected chi connectivity index (χ1v) is 11.9. The van der Waals surface area contributed by atoms with E-state index in [1.54, 1.807) is 17.7 Å². The van der Waals surface area contributed by atoms with Crippen molar-refractivity contribution in [2.75, 3.05) is 24.8 Å². The van der Waals surface area contributed by atoms with E-state index in [0.29, 0.717) is 29.0 Å². The van der Waals surface area contributed by atoms with Gasteiger partial charge in [0.15, 0.2) is 11.0 Å². The summed E-state index contributed by atoms with van der Waals surface area (Å²) in [5.74, 6) is 1.83. The number of nitrogens with zero attached hydrogens (tertiary/aromatic N) is 3. The summed E-state index contributed by atoms with van der Waals surface area (Å²) in [4.78, 5) is 24.9. The molecule has 10 heteroatoms. The molecule has 0 spiro atoms. The molecule has 0 aliphatic heterocycles. The van der Waals surface area contributed by atoms with Crippen LogP contribution in [0.15, 0.2) is 53.7 Å². The number of anilines is 1. The predicted molar refractivity (Wildman–Crippen MR) is 131 cm³/mol. The van der Waals surface area contributed by atoms with Crippen LogP contribution in [0.25, 0.3) is 0 Å². The van der Waals surface area contributed by atoms with Gasteiger partial charge in [-0.2, -0.15) is 0 Å². The molecule has 0 aliphatic rings. The van der Waals surface area contributed by atoms with Crippen LogP contribution in [0.3, 0.4) is 0 Å². The molecule has 0 aliphatic carbocycles. The zero-order chi connectivity index (χ0) is 24.5. The standard InChI is InChI=1S/C24H29N5O4S/c1-5-33-20-9-7-6-8-19(20)26-22(31)15-34-24-28-27-23(29(24)3)16(2)25-21(30)14-17-10-12-18(32-4)13-11-17/h6-13,16H,5,14-15H2,1-4H3,(H,25,30)(H,26,31). The van der Waals surface area contributed by atoms with Crippen LogP contribution in [-0.4, -0.2) is 46.0 Å². The summed E-state index contributed by atoms with van der Waals surface area (Å²) in [5, 5.41) is 14.8. The Morgan fingerprint density at radius 1 is 1.09 bits per heavy atom. The van der Waals surface area contributed by atoms with E-state index >= 15 is 0 Å². The molecule has 0 radical (unpaired) electrons. The molecule has 1 unspecified atom stereocenters. The molecule has 3 aromatic rings. The fourth-order valence-corrected chi connectivity index (χ4v) is 4.00. The summed E-state index contributed by atoms with van der Waals surface area (Å²) >= 11 is 1.27. The van der Waals surface area contributed by atoms with Crippen molar-refractivity contribution in [3.05, 3.63) is 59.9 Å². The van der Waals surface area contributed by atoms with E-state index in [1.165, 1.54) is 11.8 Å². The highest BCUT2D eigenvalue weighted by Gasteiger charge is 2.19. The largest absolute Gasteiger partial charge is 0.497 e. The second kappa shape index (κ2) is 12.1. The van der Waals surface area contributed by atoms with Crippen LogP contribution in [0.1, 0.15) is 31.3 Å². The van der Waals surface area contributed by atoms with E-state index < -0.39 is 0 Å². The average Bonchev–Trinajstić information content (AvgIpc) is 3.20. The van der Waals surface area contributed by atoms with Crippen molar-refractivity contribution >= 4 is 29.3 Å². The molecule has 34 heavy (non-hydrogen) atoms. The van der Waals surface area contributed by atoms with Crippen molar-refractivity contribution in [1.29, 1.82) is 0 Å². The summed E-state index contributed by atoms with van der Waals surface area (Å²) in [5.41, 5.74) is 1.51. The van der Waals surface area contributed by atoms with Gasteiger partial charge < -0.3 is 24.7 Å². The molecular weight excluding hydrogens is 454 g/mol. The Bertz CT molecular complexity index is 1120. The molecule has 2 amide bonds. The van der Waals surface area contributed by atoms with Gasteiger partial charge in [-0.15, -0.1) is 10.2 Å². The van der Waals surface area contributed by atoms with Crippen LogP contribution in [-0.2, 0) is 23.1 Å². The van der Waals surface area contributed by atoms with Crippen LogP contribution < -0.4 is 20.1 Å². The fraction of sp³-hybridized carbons (Fsp3) is 0.333. The molecule has 0 saturated heterocycles. The molecule has 9 nitrogen and oxygen atoms in total. The lowest BCUT2D eigenvalue weighted by atomic mass is 10.1. The minimum absolute atomic E-state index is 0.123. The van der Waals surface area contributed by atoms with E-state index in [0.717, 1.165) is 11.3 Å². The number of nitrogens with one attached hydrogen (secondary N) is 2. The summed E-state index contributed by atoms with van der Waals surface area (Å²) < 4.78 is 12.5. The topological polar surface area (TPSA) is 107 Å². The lowest BCUT2D eigenvalue weighted by Gasteiger charge is -2.14. The number of rotatable bonds is 11. The lowest BCUT2D eigenvalue weighted by Crippen LogP contribution is -2.29. The van der Waals surface area contributed by atoms with E-state index in [2.05, 4.69) is 20.8 Å². The SMILES string of the molecule is CCOc1ccccc1NC(=O)CSc1nnc(C(C)NC(=O)Cc2ccc(OC)cc2)n1C. The number of amides is 2. The first-order valence-electron chi connectivity index (χ1n) is 10.9. The van der Waals surface area contributed by atoms with E-state index in [4.69, 9.17) is 9.47 Å². The first kappa shape index (κ1) is 25.1. The zero-order valence-electron chi connectivity index (χ0n) is 19.7. The van der Waals surface area contributed by atoms with Gasteiger partial charge in [0.2, 0.25) is 11.8 Å². The average molecular weight is 484 g/mol. The van der Waals surface area contributed by atoms with Gasteiger partial charge in [0.05, 0.1) is 37.6 Å². The third-order valence-electron chi connectivity index (χ3n) is 4.95. The van der Waals surface area contributed by atoms with Crippen LogP contribution in [0.4, 0.5) is 5.69 Å². The minimum Gasteiger partial charge on any atom is -0.497 e. The van der Waals surface area contributed by atoms with Gasteiger partial charge in [0, 0.05) is 7.05 Å². The highest BCUT2D eigenvalue weighted by atomic mass is 32.2. The normalized spacial score (nSPS) is 11.5. The van der Waals surface area contributed by atoms with Crippen LogP contribution >= 0.6 is 11.8 Å². The fourth-order valence-electron chi connectivity index (χ4n) is 3.28. The number of carbonyl (C=O) groups excluding carboxylic acids is 2. The Hall–Kier alpha value is -3.53. The summed E-state index contributed by atoms with van der Waals surface area (Å²) in [6.07, 6.45) is 0.247. The number of hydrogen-bond acceptors (Lipinski definition) is 7. The monoisotopic (exact) mass is 483 g/mol. The molecule has 1 heterocycles. The number of ether oxygens (including phenoxy) is 2. The van der Waals surface area contributed by atoms with Crippen LogP contribution in [0.5, 0.6) is 11.5 Å². The maximum atomic E-state index is 12.5. The number of methoxy groups -OCH3 is 1. The molecule has 0 bridgehead atoms. The van der Waals surface area contributed by atoms with Gasteiger partial charge in [0.25, 0.3) is 0 Å². The Labute approximate surface area is 203 Å². The van der Waals surface area contributed by atoms with Crippen molar-refractivity contribution in [3.8, 4) is 11.5 Å². The Kier molecular flexibility index (Phi) is 8.92. The van der Waals surface area contributed by atoms with Crippen LogP contribution in [0.2, 0.25) is 0 Å². The predicted octanol–water partition coefficient (Wildman–Crippen LogP) is 3.37.